The average Bonchev–Trinajstić information content (AvgIpc) is 3.21. The molecule has 1 N–H and O–H groups in total. The van der Waals surface area contributed by atoms with Crippen molar-refractivity contribution >= 4 is 17.6 Å². The largest absolute Gasteiger partial charge is 0.451 e. The number of anilines is 1. The Labute approximate surface area is 268 Å². The Hall–Kier alpha value is -3.41. The Morgan fingerprint density at radius 3 is 2.35 bits per heavy atom. The summed E-state index contributed by atoms with van der Waals surface area (Å²) in [6.07, 6.45) is 7.77. The number of alkyl halides is 2. The third-order valence-corrected chi connectivity index (χ3v) is 10.5. The molecular weight excluding hydrogens is 597 g/mol. The highest BCUT2D eigenvalue weighted by Crippen LogP contribution is 2.47. The van der Waals surface area contributed by atoms with Crippen molar-refractivity contribution in [2.75, 3.05) is 37.6 Å². The lowest BCUT2D eigenvalue weighted by Gasteiger charge is -2.55. The number of rotatable bonds is 8. The molecule has 1 aromatic heterocycles. The molecule has 3 saturated heterocycles. The fourth-order valence-corrected chi connectivity index (χ4v) is 8.10. The number of likely N-dealkylation sites (tertiary alicyclic amines) is 1. The normalized spacial score (nSPS) is 25.6. The van der Waals surface area contributed by atoms with Gasteiger partial charge in [-0.25, -0.2) is 14.4 Å². The van der Waals surface area contributed by atoms with Crippen LogP contribution in [0.25, 0.3) is 0 Å². The minimum absolute atomic E-state index is 0.0743. The number of amides is 2. The molecule has 1 aromatic carbocycles. The molecule has 0 unspecified atom stereocenters. The van der Waals surface area contributed by atoms with Crippen molar-refractivity contribution < 1.29 is 27.5 Å². The van der Waals surface area contributed by atoms with Crippen molar-refractivity contribution in [2.24, 2.45) is 11.3 Å². The number of carbonyl (C=O) groups is 2. The molecule has 1 saturated carbocycles. The molecule has 2 spiro atoms. The molecule has 9 nitrogen and oxygen atoms in total. The lowest BCUT2D eigenvalue weighted by Crippen LogP contribution is -2.61. The highest BCUT2D eigenvalue weighted by molar-refractivity contribution is 5.97. The van der Waals surface area contributed by atoms with E-state index >= 15 is 0 Å². The van der Waals surface area contributed by atoms with Gasteiger partial charge in [0.05, 0.1) is 11.8 Å². The maximum absolute atomic E-state index is 14.3. The Balaban J connectivity index is 1.04. The fraction of sp³-hybridized carbons (Fsp3) is 0.647. The number of benzene rings is 1. The van der Waals surface area contributed by atoms with Gasteiger partial charge in [-0.2, -0.15) is 8.78 Å². The van der Waals surface area contributed by atoms with Gasteiger partial charge >= 0.3 is 5.92 Å². The van der Waals surface area contributed by atoms with Gasteiger partial charge in [-0.05, 0) is 103 Å². The molecule has 0 atom stereocenters. The van der Waals surface area contributed by atoms with Crippen LogP contribution in [0.5, 0.6) is 11.5 Å². The molecule has 1 aliphatic carbocycles. The number of halogens is 3. The van der Waals surface area contributed by atoms with Crippen LogP contribution < -0.4 is 15.0 Å². The fourth-order valence-electron chi connectivity index (χ4n) is 8.10. The van der Waals surface area contributed by atoms with E-state index in [1.54, 1.807) is 11.1 Å². The summed E-state index contributed by atoms with van der Waals surface area (Å²) >= 11 is 0. The minimum atomic E-state index is -3.24. The molecule has 3 aliphatic heterocycles. The van der Waals surface area contributed by atoms with Crippen molar-refractivity contribution in [3.8, 4) is 11.5 Å². The van der Waals surface area contributed by atoms with Crippen LogP contribution >= 0.6 is 0 Å². The summed E-state index contributed by atoms with van der Waals surface area (Å²) in [7, 11) is 0. The summed E-state index contributed by atoms with van der Waals surface area (Å²) in [5.41, 5.74) is -0.386. The Kier molecular flexibility index (Phi) is 8.71. The van der Waals surface area contributed by atoms with E-state index in [1.807, 2.05) is 27.7 Å². The van der Waals surface area contributed by atoms with Crippen LogP contribution in [0.2, 0.25) is 0 Å². The minimum Gasteiger partial charge on any atom is -0.451 e. The monoisotopic (exact) mass is 642 g/mol. The van der Waals surface area contributed by atoms with Crippen molar-refractivity contribution in [2.45, 2.75) is 96.2 Å². The van der Waals surface area contributed by atoms with Crippen LogP contribution in [0, 0.1) is 17.2 Å². The number of carbonyl (C=O) groups excluding carboxylic acids is 2. The van der Waals surface area contributed by atoms with E-state index in [2.05, 4.69) is 25.1 Å². The van der Waals surface area contributed by atoms with Gasteiger partial charge in [0.15, 0.2) is 11.6 Å². The predicted octanol–water partition coefficient (Wildman–Crippen LogP) is 5.65. The van der Waals surface area contributed by atoms with E-state index in [9.17, 15) is 22.8 Å². The van der Waals surface area contributed by atoms with Crippen LogP contribution in [-0.4, -0.2) is 87.9 Å². The molecule has 250 valence electrons. The second-order valence-electron chi connectivity index (χ2n) is 14.6. The molecule has 2 aromatic rings. The number of nitrogens with one attached hydrogen (secondary N) is 1. The van der Waals surface area contributed by atoms with Gasteiger partial charge in [-0.3, -0.25) is 9.59 Å². The number of ether oxygens (including phenoxy) is 1. The van der Waals surface area contributed by atoms with Crippen molar-refractivity contribution in [1.29, 1.82) is 0 Å². The van der Waals surface area contributed by atoms with Gasteiger partial charge in [-0.1, -0.05) is 0 Å². The highest BCUT2D eigenvalue weighted by atomic mass is 19.3. The lowest BCUT2D eigenvalue weighted by atomic mass is 9.71. The number of nitrogens with zero attached hydrogens (tertiary/aromatic N) is 5. The van der Waals surface area contributed by atoms with Gasteiger partial charge in [0.2, 0.25) is 0 Å². The SMILES string of the molecule is CC(C)N(C(=O)c1cc(F)ccc1Oc1cncnc1N1CC2(CCN(CC3CCC4(CC3)CC(F)(F)C(=O)N4)CC2)C1)C(C)C. The van der Waals surface area contributed by atoms with Gasteiger partial charge < -0.3 is 24.8 Å². The third kappa shape index (κ3) is 6.41. The standard InChI is InChI=1S/C34H45F3N6O3/c1-22(2)43(23(3)4)30(44)26-15-25(35)5-6-27(26)46-28-16-38-21-39-29(28)42-19-32(20-42)11-13-41(14-12-32)17-24-7-9-33(10-8-24)18-34(36,37)31(45)40-33/h5-6,15-16,21-24H,7-14,17-20H2,1-4H3,(H,40,45). The zero-order valence-electron chi connectivity index (χ0n) is 27.2. The van der Waals surface area contributed by atoms with Crippen molar-refractivity contribution in [3.63, 3.8) is 0 Å². The first-order valence-corrected chi connectivity index (χ1v) is 16.6. The van der Waals surface area contributed by atoms with E-state index < -0.39 is 23.2 Å². The van der Waals surface area contributed by atoms with E-state index in [-0.39, 0.29) is 41.1 Å². The highest BCUT2D eigenvalue weighted by Gasteiger charge is 2.56. The molecule has 12 heteroatoms. The zero-order chi connectivity index (χ0) is 32.9. The third-order valence-electron chi connectivity index (χ3n) is 10.5. The van der Waals surface area contributed by atoms with E-state index in [0.29, 0.717) is 30.3 Å². The molecule has 0 bridgehead atoms. The van der Waals surface area contributed by atoms with Gasteiger partial charge in [-0.15, -0.1) is 0 Å². The van der Waals surface area contributed by atoms with Gasteiger partial charge in [0.25, 0.3) is 11.8 Å². The number of hydrogen-bond donors (Lipinski definition) is 1. The molecule has 0 radical (unpaired) electrons. The van der Waals surface area contributed by atoms with Gasteiger partial charge in [0.1, 0.15) is 17.9 Å². The summed E-state index contributed by atoms with van der Waals surface area (Å²) in [5.74, 6) is -3.38. The van der Waals surface area contributed by atoms with E-state index in [4.69, 9.17) is 4.74 Å². The summed E-state index contributed by atoms with van der Waals surface area (Å²) < 4.78 is 48.4. The second-order valence-corrected chi connectivity index (χ2v) is 14.6. The summed E-state index contributed by atoms with van der Waals surface area (Å²) in [4.78, 5) is 40.3. The summed E-state index contributed by atoms with van der Waals surface area (Å²) in [6, 6.07) is 3.84. The summed E-state index contributed by atoms with van der Waals surface area (Å²) in [5, 5.41) is 2.61. The first-order valence-electron chi connectivity index (χ1n) is 16.6. The topological polar surface area (TPSA) is 90.9 Å². The van der Waals surface area contributed by atoms with Crippen LogP contribution in [0.3, 0.4) is 0 Å². The Morgan fingerprint density at radius 2 is 1.74 bits per heavy atom. The van der Waals surface area contributed by atoms with E-state index in [0.717, 1.165) is 58.4 Å². The van der Waals surface area contributed by atoms with Crippen LogP contribution in [0.15, 0.2) is 30.7 Å². The van der Waals surface area contributed by atoms with Crippen molar-refractivity contribution in [1.82, 2.24) is 25.1 Å². The van der Waals surface area contributed by atoms with E-state index in [1.165, 1.54) is 24.5 Å². The first kappa shape index (κ1) is 32.5. The number of piperidine rings is 1. The molecular formula is C34H45F3N6O3. The molecule has 4 aliphatic rings. The van der Waals surface area contributed by atoms with Crippen LogP contribution in [0.1, 0.15) is 83.0 Å². The lowest BCUT2D eigenvalue weighted by molar-refractivity contribution is -0.139. The van der Waals surface area contributed by atoms with Gasteiger partial charge in [0, 0.05) is 49.1 Å². The molecule has 2 amide bonds. The number of aromatic nitrogens is 2. The second kappa shape index (κ2) is 12.3. The first-order chi connectivity index (χ1) is 21.8. The number of hydrogen-bond acceptors (Lipinski definition) is 7. The maximum Gasteiger partial charge on any atom is 0.326 e. The summed E-state index contributed by atoms with van der Waals surface area (Å²) in [6.45, 7) is 12.3. The Bertz CT molecular complexity index is 1440. The quantitative estimate of drug-likeness (QED) is 0.398. The smallest absolute Gasteiger partial charge is 0.326 e. The van der Waals surface area contributed by atoms with Crippen molar-refractivity contribution in [3.05, 3.63) is 42.1 Å². The molecule has 46 heavy (non-hydrogen) atoms. The zero-order valence-corrected chi connectivity index (χ0v) is 27.2. The Morgan fingerprint density at radius 1 is 1.07 bits per heavy atom. The molecule has 6 rings (SSSR count). The molecule has 4 fully saturated rings. The predicted molar refractivity (Wildman–Crippen MR) is 168 cm³/mol. The van der Waals surface area contributed by atoms with Crippen LogP contribution in [-0.2, 0) is 4.79 Å². The molecule has 4 heterocycles. The average molecular weight is 643 g/mol. The maximum atomic E-state index is 14.3. The van der Waals surface area contributed by atoms with Crippen LogP contribution in [0.4, 0.5) is 19.0 Å².